The van der Waals surface area contributed by atoms with Crippen LogP contribution in [0.2, 0.25) is 0 Å². The van der Waals surface area contributed by atoms with Crippen LogP contribution in [0.1, 0.15) is 36.3 Å². The van der Waals surface area contributed by atoms with E-state index in [1.807, 2.05) is 13.8 Å². The first kappa shape index (κ1) is 16.8. The number of pyridine rings is 1. The Morgan fingerprint density at radius 3 is 2.45 bits per heavy atom. The Balaban J connectivity index is 2.77. The standard InChI is InChI=1S/C13H16ClF3N2O/c1-8(2)10(5-6-14)19-12(20)11-4-3-9(7-18-11)13(15,16)17/h3-4,7-8,10H,5-6H2,1-2H3,(H,19,20). The van der Waals surface area contributed by atoms with Crippen molar-refractivity contribution >= 4 is 17.5 Å². The smallest absolute Gasteiger partial charge is 0.348 e. The van der Waals surface area contributed by atoms with Crippen LogP contribution < -0.4 is 5.32 Å². The third-order valence-electron chi connectivity index (χ3n) is 2.86. The minimum atomic E-state index is -4.46. The fourth-order valence-electron chi connectivity index (χ4n) is 1.63. The Bertz CT molecular complexity index is 446. The third-order valence-corrected chi connectivity index (χ3v) is 3.08. The molecule has 1 aromatic heterocycles. The van der Waals surface area contributed by atoms with Crippen molar-refractivity contribution in [2.24, 2.45) is 5.92 Å². The van der Waals surface area contributed by atoms with E-state index in [2.05, 4.69) is 10.3 Å². The van der Waals surface area contributed by atoms with Crippen LogP contribution in [0.4, 0.5) is 13.2 Å². The largest absolute Gasteiger partial charge is 0.417 e. The van der Waals surface area contributed by atoms with Crippen LogP contribution in [0, 0.1) is 5.92 Å². The van der Waals surface area contributed by atoms with E-state index in [0.29, 0.717) is 18.5 Å². The van der Waals surface area contributed by atoms with Gasteiger partial charge in [0, 0.05) is 18.1 Å². The Morgan fingerprint density at radius 2 is 2.05 bits per heavy atom. The lowest BCUT2D eigenvalue weighted by Gasteiger charge is -2.21. The summed E-state index contributed by atoms with van der Waals surface area (Å²) >= 11 is 5.65. The van der Waals surface area contributed by atoms with Crippen molar-refractivity contribution in [3.63, 3.8) is 0 Å². The van der Waals surface area contributed by atoms with Gasteiger partial charge in [-0.25, -0.2) is 0 Å². The molecule has 1 N–H and O–H groups in total. The summed E-state index contributed by atoms with van der Waals surface area (Å²) in [4.78, 5) is 15.4. The van der Waals surface area contributed by atoms with Gasteiger partial charge >= 0.3 is 6.18 Å². The summed E-state index contributed by atoms with van der Waals surface area (Å²) in [6.07, 6.45) is -3.21. The molecule has 0 bridgehead atoms. The predicted octanol–water partition coefficient (Wildman–Crippen LogP) is 3.48. The molecule has 0 aliphatic carbocycles. The normalized spacial score (nSPS) is 13.3. The monoisotopic (exact) mass is 308 g/mol. The highest BCUT2D eigenvalue weighted by Gasteiger charge is 2.31. The lowest BCUT2D eigenvalue weighted by Crippen LogP contribution is -2.39. The van der Waals surface area contributed by atoms with E-state index in [4.69, 9.17) is 11.6 Å². The molecule has 1 aromatic rings. The van der Waals surface area contributed by atoms with Gasteiger partial charge in [-0.2, -0.15) is 13.2 Å². The van der Waals surface area contributed by atoms with E-state index in [0.717, 1.165) is 12.1 Å². The maximum absolute atomic E-state index is 12.4. The second kappa shape index (κ2) is 6.92. The van der Waals surface area contributed by atoms with E-state index in [1.54, 1.807) is 0 Å². The van der Waals surface area contributed by atoms with E-state index in [9.17, 15) is 18.0 Å². The zero-order valence-electron chi connectivity index (χ0n) is 11.2. The molecule has 1 rings (SSSR count). The van der Waals surface area contributed by atoms with Gasteiger partial charge in [0.05, 0.1) is 5.56 Å². The third kappa shape index (κ3) is 4.67. The van der Waals surface area contributed by atoms with E-state index >= 15 is 0 Å². The molecule has 112 valence electrons. The minimum absolute atomic E-state index is 0.0433. The first-order chi connectivity index (χ1) is 9.25. The Labute approximate surface area is 120 Å². The lowest BCUT2D eigenvalue weighted by molar-refractivity contribution is -0.137. The number of nitrogens with one attached hydrogen (secondary N) is 1. The molecule has 0 aliphatic heterocycles. The molecule has 0 aromatic carbocycles. The molecule has 0 saturated heterocycles. The number of alkyl halides is 4. The number of carbonyl (C=O) groups excluding carboxylic acids is 1. The van der Waals surface area contributed by atoms with Crippen molar-refractivity contribution in [2.75, 3.05) is 5.88 Å². The van der Waals surface area contributed by atoms with Crippen LogP contribution in [0.15, 0.2) is 18.3 Å². The number of hydrogen-bond donors (Lipinski definition) is 1. The number of carbonyl (C=O) groups is 1. The molecular weight excluding hydrogens is 293 g/mol. The summed E-state index contributed by atoms with van der Waals surface area (Å²) in [5.41, 5.74) is -0.923. The Kier molecular flexibility index (Phi) is 5.80. The van der Waals surface area contributed by atoms with Gasteiger partial charge in [0.25, 0.3) is 5.91 Å². The van der Waals surface area contributed by atoms with E-state index < -0.39 is 17.6 Å². The van der Waals surface area contributed by atoms with Gasteiger partial charge in [0.2, 0.25) is 0 Å². The van der Waals surface area contributed by atoms with Crippen LogP contribution in [-0.4, -0.2) is 22.8 Å². The SMILES string of the molecule is CC(C)C(CCCl)NC(=O)c1ccc(C(F)(F)F)cn1. The second-order valence-corrected chi connectivity index (χ2v) is 5.11. The van der Waals surface area contributed by atoms with Crippen LogP contribution in [0.3, 0.4) is 0 Å². The number of nitrogens with zero attached hydrogens (tertiary/aromatic N) is 1. The molecule has 1 amide bonds. The molecule has 0 radical (unpaired) electrons. The molecule has 0 spiro atoms. The first-order valence-corrected chi connectivity index (χ1v) is 6.69. The van der Waals surface area contributed by atoms with Gasteiger partial charge in [-0.3, -0.25) is 9.78 Å². The highest BCUT2D eigenvalue weighted by molar-refractivity contribution is 6.17. The average molecular weight is 309 g/mol. The Morgan fingerprint density at radius 1 is 1.40 bits per heavy atom. The predicted molar refractivity (Wildman–Crippen MR) is 70.7 cm³/mol. The number of halogens is 4. The maximum Gasteiger partial charge on any atom is 0.417 e. The summed E-state index contributed by atoms with van der Waals surface area (Å²) in [6.45, 7) is 3.86. The maximum atomic E-state index is 12.4. The second-order valence-electron chi connectivity index (χ2n) is 4.73. The fraction of sp³-hybridized carbons (Fsp3) is 0.538. The van der Waals surface area contributed by atoms with Gasteiger partial charge in [-0.1, -0.05) is 13.8 Å². The van der Waals surface area contributed by atoms with Crippen molar-refractivity contribution in [3.8, 4) is 0 Å². The molecule has 20 heavy (non-hydrogen) atoms. The number of hydrogen-bond acceptors (Lipinski definition) is 2. The van der Waals surface area contributed by atoms with Crippen molar-refractivity contribution in [1.82, 2.24) is 10.3 Å². The molecule has 1 unspecified atom stereocenters. The van der Waals surface area contributed by atoms with Crippen molar-refractivity contribution in [1.29, 1.82) is 0 Å². The molecule has 7 heteroatoms. The van der Waals surface area contributed by atoms with E-state index in [1.165, 1.54) is 0 Å². The quantitative estimate of drug-likeness (QED) is 0.846. The molecule has 3 nitrogen and oxygen atoms in total. The van der Waals surface area contributed by atoms with Crippen LogP contribution in [-0.2, 0) is 6.18 Å². The van der Waals surface area contributed by atoms with Gasteiger partial charge in [-0.15, -0.1) is 11.6 Å². The molecule has 0 aliphatic rings. The molecule has 0 saturated carbocycles. The highest BCUT2D eigenvalue weighted by atomic mass is 35.5. The van der Waals surface area contributed by atoms with Crippen molar-refractivity contribution in [2.45, 2.75) is 32.5 Å². The van der Waals surface area contributed by atoms with Gasteiger partial charge in [-0.05, 0) is 24.5 Å². The van der Waals surface area contributed by atoms with Crippen LogP contribution >= 0.6 is 11.6 Å². The molecular formula is C13H16ClF3N2O. The van der Waals surface area contributed by atoms with Crippen LogP contribution in [0.5, 0.6) is 0 Å². The average Bonchev–Trinajstić information content (AvgIpc) is 2.37. The Hall–Kier alpha value is -1.30. The number of rotatable bonds is 5. The zero-order chi connectivity index (χ0) is 15.3. The van der Waals surface area contributed by atoms with Crippen molar-refractivity contribution in [3.05, 3.63) is 29.6 Å². The summed E-state index contributed by atoms with van der Waals surface area (Å²) < 4.78 is 37.1. The van der Waals surface area contributed by atoms with E-state index in [-0.39, 0.29) is 17.7 Å². The minimum Gasteiger partial charge on any atom is -0.348 e. The summed E-state index contributed by atoms with van der Waals surface area (Å²) in [5.74, 6) is 0.0681. The van der Waals surface area contributed by atoms with Gasteiger partial charge < -0.3 is 5.32 Å². The molecule has 0 fully saturated rings. The molecule has 1 atom stereocenters. The number of amides is 1. The summed E-state index contributed by atoms with van der Waals surface area (Å²) in [6, 6.07) is 1.77. The fourth-order valence-corrected chi connectivity index (χ4v) is 1.86. The van der Waals surface area contributed by atoms with Crippen molar-refractivity contribution < 1.29 is 18.0 Å². The zero-order valence-corrected chi connectivity index (χ0v) is 11.9. The topological polar surface area (TPSA) is 42.0 Å². The summed E-state index contributed by atoms with van der Waals surface area (Å²) in [7, 11) is 0. The molecule has 1 heterocycles. The number of aromatic nitrogens is 1. The first-order valence-electron chi connectivity index (χ1n) is 6.15. The summed E-state index contributed by atoms with van der Waals surface area (Å²) in [5, 5.41) is 2.72. The lowest BCUT2D eigenvalue weighted by atomic mass is 10.0. The van der Waals surface area contributed by atoms with Gasteiger partial charge in [0.1, 0.15) is 5.69 Å². The van der Waals surface area contributed by atoms with Gasteiger partial charge in [0.15, 0.2) is 0 Å². The van der Waals surface area contributed by atoms with Crippen LogP contribution in [0.25, 0.3) is 0 Å². The highest BCUT2D eigenvalue weighted by Crippen LogP contribution is 2.28.